The number of rotatable bonds is 8. The maximum Gasteiger partial charge on any atom is 0.165 e. The molecule has 154 valence electrons. The van der Waals surface area contributed by atoms with Crippen molar-refractivity contribution in [3.05, 3.63) is 95.8 Å². The summed E-state index contributed by atoms with van der Waals surface area (Å²) in [6.07, 6.45) is 3.20. The van der Waals surface area contributed by atoms with Gasteiger partial charge in [0.05, 0.1) is 12.0 Å². The lowest BCUT2D eigenvalue weighted by Crippen LogP contribution is -2.27. The SMILES string of the molecule is CCOc1ccc(C(C)(C)C(=O)/C=C/c2ccc(F)c(Oc3ccccc3)c2)cc1. The van der Waals surface area contributed by atoms with Crippen LogP contribution in [0.15, 0.2) is 78.9 Å². The highest BCUT2D eigenvalue weighted by Gasteiger charge is 2.27. The molecule has 3 aromatic rings. The van der Waals surface area contributed by atoms with E-state index in [1.165, 1.54) is 12.1 Å². The maximum atomic E-state index is 14.1. The van der Waals surface area contributed by atoms with Crippen LogP contribution in [-0.2, 0) is 10.2 Å². The van der Waals surface area contributed by atoms with Crippen LogP contribution in [0.5, 0.6) is 17.2 Å². The molecule has 3 rings (SSSR count). The van der Waals surface area contributed by atoms with Crippen molar-refractivity contribution in [2.45, 2.75) is 26.2 Å². The van der Waals surface area contributed by atoms with Crippen LogP contribution in [0, 0.1) is 5.82 Å². The fourth-order valence-corrected chi connectivity index (χ4v) is 2.97. The topological polar surface area (TPSA) is 35.5 Å². The number of hydrogen-bond acceptors (Lipinski definition) is 3. The third-order valence-electron chi connectivity index (χ3n) is 4.86. The van der Waals surface area contributed by atoms with Crippen molar-refractivity contribution >= 4 is 11.9 Å². The van der Waals surface area contributed by atoms with Gasteiger partial charge >= 0.3 is 0 Å². The molecule has 0 aliphatic rings. The molecule has 0 heterocycles. The van der Waals surface area contributed by atoms with E-state index in [2.05, 4.69) is 0 Å². The van der Waals surface area contributed by atoms with Crippen LogP contribution in [0.1, 0.15) is 31.9 Å². The summed E-state index contributed by atoms with van der Waals surface area (Å²) < 4.78 is 25.2. The number of ether oxygens (including phenoxy) is 2. The van der Waals surface area contributed by atoms with Crippen LogP contribution in [-0.4, -0.2) is 12.4 Å². The lowest BCUT2D eigenvalue weighted by Gasteiger charge is -2.22. The van der Waals surface area contributed by atoms with E-state index in [-0.39, 0.29) is 11.5 Å². The van der Waals surface area contributed by atoms with Crippen molar-refractivity contribution in [3.8, 4) is 17.2 Å². The zero-order chi connectivity index (χ0) is 21.6. The first-order valence-corrected chi connectivity index (χ1v) is 9.88. The standard InChI is InChI=1S/C26H25FO3/c1-4-29-21-14-12-20(13-15-21)26(2,3)25(28)17-11-19-10-16-23(27)24(18-19)30-22-8-6-5-7-9-22/h5-18H,4H2,1-3H3/b17-11+. The Bertz CT molecular complexity index is 1020. The molecule has 0 fully saturated rings. The van der Waals surface area contributed by atoms with Gasteiger partial charge in [-0.3, -0.25) is 4.79 Å². The normalized spacial score (nSPS) is 11.5. The van der Waals surface area contributed by atoms with E-state index in [0.717, 1.165) is 11.3 Å². The molecule has 0 atom stereocenters. The Hall–Kier alpha value is -3.40. The molecule has 0 radical (unpaired) electrons. The van der Waals surface area contributed by atoms with Crippen molar-refractivity contribution in [1.29, 1.82) is 0 Å². The van der Waals surface area contributed by atoms with Gasteiger partial charge in [-0.1, -0.05) is 42.5 Å². The molecule has 0 amide bonds. The highest BCUT2D eigenvalue weighted by atomic mass is 19.1. The number of carbonyl (C=O) groups is 1. The third-order valence-corrected chi connectivity index (χ3v) is 4.86. The van der Waals surface area contributed by atoms with E-state index in [1.54, 1.807) is 30.3 Å². The first-order valence-electron chi connectivity index (χ1n) is 9.88. The van der Waals surface area contributed by atoms with E-state index >= 15 is 0 Å². The summed E-state index contributed by atoms with van der Waals surface area (Å²) in [6, 6.07) is 21.1. The van der Waals surface area contributed by atoms with Gasteiger partial charge in [-0.2, -0.15) is 0 Å². The Kier molecular flexibility index (Phi) is 6.68. The smallest absolute Gasteiger partial charge is 0.165 e. The minimum atomic E-state index is -0.704. The third kappa shape index (κ3) is 5.15. The average Bonchev–Trinajstić information content (AvgIpc) is 2.75. The van der Waals surface area contributed by atoms with Gasteiger partial charge in [0.25, 0.3) is 0 Å². The minimum Gasteiger partial charge on any atom is -0.494 e. The Morgan fingerprint density at radius 2 is 1.67 bits per heavy atom. The summed E-state index contributed by atoms with van der Waals surface area (Å²) >= 11 is 0. The summed E-state index contributed by atoms with van der Waals surface area (Å²) in [4.78, 5) is 12.9. The zero-order valence-electron chi connectivity index (χ0n) is 17.4. The lowest BCUT2D eigenvalue weighted by molar-refractivity contribution is -0.118. The number of ketones is 1. The molecule has 0 aliphatic carbocycles. The molecule has 4 heteroatoms. The monoisotopic (exact) mass is 404 g/mol. The molecular weight excluding hydrogens is 379 g/mol. The van der Waals surface area contributed by atoms with Crippen molar-refractivity contribution in [1.82, 2.24) is 0 Å². The number of halogens is 1. The highest BCUT2D eigenvalue weighted by molar-refractivity contribution is 6.01. The van der Waals surface area contributed by atoms with Gasteiger partial charge in [-0.15, -0.1) is 0 Å². The summed E-state index contributed by atoms with van der Waals surface area (Å²) in [6.45, 7) is 6.28. The maximum absolute atomic E-state index is 14.1. The molecule has 0 bridgehead atoms. The number of hydrogen-bond donors (Lipinski definition) is 0. The van der Waals surface area contributed by atoms with Gasteiger partial charge in [-0.25, -0.2) is 4.39 Å². The van der Waals surface area contributed by atoms with E-state index in [9.17, 15) is 9.18 Å². The molecule has 3 aromatic carbocycles. The first-order chi connectivity index (χ1) is 14.4. The second kappa shape index (κ2) is 9.40. The Labute approximate surface area is 176 Å². The molecule has 0 saturated heterocycles. The number of para-hydroxylation sites is 1. The average molecular weight is 404 g/mol. The Morgan fingerprint density at radius 3 is 2.33 bits per heavy atom. The van der Waals surface area contributed by atoms with E-state index in [4.69, 9.17) is 9.47 Å². The van der Waals surface area contributed by atoms with Crippen LogP contribution in [0.4, 0.5) is 4.39 Å². The number of carbonyl (C=O) groups excluding carboxylic acids is 1. The van der Waals surface area contributed by atoms with Crippen molar-refractivity contribution in [2.75, 3.05) is 6.61 Å². The van der Waals surface area contributed by atoms with Crippen LogP contribution in [0.3, 0.4) is 0 Å². The van der Waals surface area contributed by atoms with Gasteiger partial charge in [0, 0.05) is 0 Å². The lowest BCUT2D eigenvalue weighted by atomic mass is 9.80. The number of benzene rings is 3. The van der Waals surface area contributed by atoms with Gasteiger partial charge in [0.2, 0.25) is 0 Å². The molecule has 30 heavy (non-hydrogen) atoms. The fraction of sp³-hybridized carbons (Fsp3) is 0.192. The second-order valence-corrected chi connectivity index (χ2v) is 7.38. The van der Waals surface area contributed by atoms with Gasteiger partial charge < -0.3 is 9.47 Å². The molecular formula is C26H25FO3. The van der Waals surface area contributed by atoms with Gasteiger partial charge in [-0.05, 0) is 74.4 Å². The summed E-state index contributed by atoms with van der Waals surface area (Å²) in [5.74, 6) is 0.919. The zero-order valence-corrected chi connectivity index (χ0v) is 17.4. The van der Waals surface area contributed by atoms with Gasteiger partial charge in [0.1, 0.15) is 11.5 Å². The van der Waals surface area contributed by atoms with Gasteiger partial charge in [0.15, 0.2) is 17.3 Å². The number of allylic oxidation sites excluding steroid dienone is 1. The molecule has 0 unspecified atom stereocenters. The van der Waals surface area contributed by atoms with Crippen LogP contribution in [0.25, 0.3) is 6.08 Å². The molecule has 3 nitrogen and oxygen atoms in total. The summed E-state index contributed by atoms with van der Waals surface area (Å²) in [7, 11) is 0. The van der Waals surface area contributed by atoms with Crippen molar-refractivity contribution < 1.29 is 18.7 Å². The van der Waals surface area contributed by atoms with E-state index in [0.29, 0.717) is 17.9 Å². The summed E-state index contributed by atoms with van der Waals surface area (Å²) in [5.41, 5.74) is 0.871. The predicted molar refractivity (Wildman–Crippen MR) is 118 cm³/mol. The molecule has 0 aliphatic heterocycles. The van der Waals surface area contributed by atoms with Crippen LogP contribution in [0.2, 0.25) is 0 Å². The Balaban J connectivity index is 1.75. The fourth-order valence-electron chi connectivity index (χ4n) is 2.97. The largest absolute Gasteiger partial charge is 0.494 e. The van der Waals surface area contributed by atoms with E-state index < -0.39 is 11.2 Å². The molecule has 0 aromatic heterocycles. The quantitative estimate of drug-likeness (QED) is 0.398. The van der Waals surface area contributed by atoms with Crippen LogP contribution >= 0.6 is 0 Å². The highest BCUT2D eigenvalue weighted by Crippen LogP contribution is 2.28. The van der Waals surface area contributed by atoms with Crippen LogP contribution < -0.4 is 9.47 Å². The molecule has 0 spiro atoms. The molecule has 0 N–H and O–H groups in total. The molecule has 0 saturated carbocycles. The van der Waals surface area contributed by atoms with Crippen molar-refractivity contribution in [2.24, 2.45) is 0 Å². The first kappa shape index (κ1) is 21.3. The Morgan fingerprint density at radius 1 is 0.967 bits per heavy atom. The van der Waals surface area contributed by atoms with E-state index in [1.807, 2.05) is 63.2 Å². The summed E-state index contributed by atoms with van der Waals surface area (Å²) in [5, 5.41) is 0. The minimum absolute atomic E-state index is 0.0542. The predicted octanol–water partition coefficient (Wildman–Crippen LogP) is 6.58. The second-order valence-electron chi connectivity index (χ2n) is 7.38. The van der Waals surface area contributed by atoms with Crippen molar-refractivity contribution in [3.63, 3.8) is 0 Å².